The van der Waals surface area contributed by atoms with Gasteiger partial charge in [-0.3, -0.25) is 0 Å². The van der Waals surface area contributed by atoms with Crippen LogP contribution in [0.1, 0.15) is 12.8 Å². The van der Waals surface area contributed by atoms with Gasteiger partial charge < -0.3 is 17.7 Å². The second-order valence-electron chi connectivity index (χ2n) is 4.78. The number of para-hydroxylation sites is 2. The Morgan fingerprint density at radius 3 is 1.78 bits per heavy atom. The maximum absolute atomic E-state index is 6.00. The maximum Gasteiger partial charge on any atom is 0.820 e. The molecule has 0 N–H and O–H groups in total. The normalized spacial score (nSPS) is 11.2. The van der Waals surface area contributed by atoms with E-state index in [-0.39, 0.29) is 0 Å². The molecule has 0 bridgehead atoms. The van der Waals surface area contributed by atoms with E-state index in [1.165, 1.54) is 0 Å². The molecule has 0 atom stereocenters. The second kappa shape index (κ2) is 9.72. The molecule has 23 heavy (non-hydrogen) atoms. The zero-order valence-electron chi connectivity index (χ0n) is 13.1. The molecule has 0 aliphatic carbocycles. The molecule has 124 valence electrons. The first kappa shape index (κ1) is 18.0. The highest BCUT2D eigenvalue weighted by Crippen LogP contribution is 2.22. The second-order valence-corrected chi connectivity index (χ2v) is 7.68. The van der Waals surface area contributed by atoms with Gasteiger partial charge in [0.2, 0.25) is 0 Å². The molecule has 4 nitrogen and oxygen atoms in total. The van der Waals surface area contributed by atoms with Gasteiger partial charge in [0.25, 0.3) is 0 Å². The smallest absolute Gasteiger partial charge is 0.471 e. The minimum absolute atomic E-state index is 0.519. The van der Waals surface area contributed by atoms with Crippen molar-refractivity contribution in [2.75, 3.05) is 19.0 Å². The molecule has 0 heterocycles. The third-order valence-corrected chi connectivity index (χ3v) is 5.62. The zero-order valence-corrected chi connectivity index (χ0v) is 15.7. The van der Waals surface area contributed by atoms with Crippen LogP contribution < -0.4 is 8.85 Å². The molecular weight excluding hydrogens is 376 g/mol. The van der Waals surface area contributed by atoms with Crippen molar-refractivity contribution in [2.45, 2.75) is 12.8 Å². The summed E-state index contributed by atoms with van der Waals surface area (Å²) in [6.07, 6.45) is 1.92. The van der Waals surface area contributed by atoms with Crippen molar-refractivity contribution in [1.29, 1.82) is 0 Å². The van der Waals surface area contributed by atoms with Crippen molar-refractivity contribution < 1.29 is 17.7 Å². The monoisotopic (exact) mass is 396 g/mol. The summed E-state index contributed by atoms with van der Waals surface area (Å²) in [7, 11) is -1.76. The van der Waals surface area contributed by atoms with Gasteiger partial charge in [0.15, 0.2) is 0 Å². The van der Waals surface area contributed by atoms with Gasteiger partial charge in [0.05, 0.1) is 0 Å². The third kappa shape index (κ3) is 5.99. The van der Waals surface area contributed by atoms with Gasteiger partial charge in [-0.1, -0.05) is 52.3 Å². The Morgan fingerprint density at radius 1 is 0.826 bits per heavy atom. The quantitative estimate of drug-likeness (QED) is 0.338. The lowest BCUT2D eigenvalue weighted by molar-refractivity contribution is 0.0592. The molecule has 2 aromatic rings. The number of benzene rings is 2. The summed E-state index contributed by atoms with van der Waals surface area (Å²) in [6.45, 7) is 0.519. The van der Waals surface area contributed by atoms with E-state index in [1.54, 1.807) is 7.11 Å². The van der Waals surface area contributed by atoms with E-state index in [0.717, 1.165) is 18.2 Å². The number of unbranched alkanes of at least 4 members (excludes halogenated alkanes) is 1. The third-order valence-electron chi connectivity index (χ3n) is 3.03. The number of hydrogen-bond acceptors (Lipinski definition) is 4. The van der Waals surface area contributed by atoms with Crippen LogP contribution in [-0.4, -0.2) is 28.1 Å². The van der Waals surface area contributed by atoms with Crippen LogP contribution in [0.5, 0.6) is 11.5 Å². The van der Waals surface area contributed by atoms with E-state index < -0.39 is 9.05 Å². The van der Waals surface area contributed by atoms with E-state index in [4.69, 9.17) is 17.7 Å². The molecule has 0 unspecified atom stereocenters. The van der Waals surface area contributed by atoms with Crippen molar-refractivity contribution in [1.82, 2.24) is 0 Å². The van der Waals surface area contributed by atoms with E-state index in [1.807, 2.05) is 60.7 Å². The van der Waals surface area contributed by atoms with Gasteiger partial charge >= 0.3 is 9.05 Å². The molecule has 6 heteroatoms. The highest BCUT2D eigenvalue weighted by Gasteiger charge is 2.50. The summed E-state index contributed by atoms with van der Waals surface area (Å²) in [4.78, 5) is 0. The summed E-state index contributed by atoms with van der Waals surface area (Å²) in [5.41, 5.74) is 0. The number of hydrogen-bond donors (Lipinski definition) is 0. The topological polar surface area (TPSA) is 36.9 Å². The fourth-order valence-electron chi connectivity index (χ4n) is 1.88. The molecule has 2 rings (SSSR count). The highest BCUT2D eigenvalue weighted by atomic mass is 79.9. The van der Waals surface area contributed by atoms with Crippen LogP contribution in [0.4, 0.5) is 0 Å². The molecule has 0 amide bonds. The molecular formula is C17H21BrO4Si. The molecule has 0 fully saturated rings. The van der Waals surface area contributed by atoms with Crippen molar-refractivity contribution in [3.05, 3.63) is 60.7 Å². The van der Waals surface area contributed by atoms with Crippen LogP contribution in [0.15, 0.2) is 60.7 Å². The summed E-state index contributed by atoms with van der Waals surface area (Å²) in [5.74, 6) is 1.33. The van der Waals surface area contributed by atoms with Crippen molar-refractivity contribution >= 4 is 25.0 Å². The fraction of sp³-hybridized carbons (Fsp3) is 0.294. The predicted octanol–water partition coefficient (Wildman–Crippen LogP) is 4.42. The lowest BCUT2D eigenvalue weighted by Gasteiger charge is -2.27. The molecule has 0 saturated heterocycles. The van der Waals surface area contributed by atoms with E-state index >= 15 is 0 Å². The first-order chi connectivity index (χ1) is 11.3. The van der Waals surface area contributed by atoms with Gasteiger partial charge in [-0.25, -0.2) is 0 Å². The SMILES string of the molecule is CO[Si](OCCCCBr)(Oc1ccccc1)Oc1ccccc1. The minimum Gasteiger partial charge on any atom is -0.471 e. The zero-order chi connectivity index (χ0) is 16.4. The summed E-state index contributed by atoms with van der Waals surface area (Å²) < 4.78 is 23.5. The molecule has 0 saturated carbocycles. The molecule has 0 spiro atoms. The Hall–Kier alpha value is -1.34. The number of halogens is 1. The summed E-state index contributed by atoms with van der Waals surface area (Å²) >= 11 is 3.42. The van der Waals surface area contributed by atoms with Crippen LogP contribution >= 0.6 is 15.9 Å². The van der Waals surface area contributed by atoms with Crippen LogP contribution in [0.25, 0.3) is 0 Å². The molecule has 0 aliphatic heterocycles. The van der Waals surface area contributed by atoms with Gasteiger partial charge in [0, 0.05) is 19.0 Å². The minimum atomic E-state index is -3.32. The van der Waals surface area contributed by atoms with Crippen molar-refractivity contribution in [3.8, 4) is 11.5 Å². The van der Waals surface area contributed by atoms with Gasteiger partial charge in [-0.05, 0) is 37.1 Å². The van der Waals surface area contributed by atoms with Crippen LogP contribution in [0.3, 0.4) is 0 Å². The maximum atomic E-state index is 6.00. The van der Waals surface area contributed by atoms with E-state index in [2.05, 4.69) is 15.9 Å². The lowest BCUT2D eigenvalue weighted by Crippen LogP contribution is -2.54. The van der Waals surface area contributed by atoms with Crippen LogP contribution in [0, 0.1) is 0 Å². The van der Waals surface area contributed by atoms with Crippen molar-refractivity contribution in [2.24, 2.45) is 0 Å². The Balaban J connectivity index is 2.13. The molecule has 0 aromatic heterocycles. The Kier molecular flexibility index (Phi) is 7.61. The first-order valence-corrected chi connectivity index (χ1v) is 10.3. The average molecular weight is 397 g/mol. The Bertz CT molecular complexity index is 512. The fourth-order valence-corrected chi connectivity index (χ4v) is 3.97. The summed E-state index contributed by atoms with van der Waals surface area (Å²) in [5, 5.41) is 0.941. The Morgan fingerprint density at radius 2 is 1.35 bits per heavy atom. The number of rotatable bonds is 10. The highest BCUT2D eigenvalue weighted by molar-refractivity contribution is 9.09. The predicted molar refractivity (Wildman–Crippen MR) is 95.9 cm³/mol. The van der Waals surface area contributed by atoms with Crippen molar-refractivity contribution in [3.63, 3.8) is 0 Å². The van der Waals surface area contributed by atoms with E-state index in [0.29, 0.717) is 18.1 Å². The Labute approximate surface area is 147 Å². The average Bonchev–Trinajstić information content (AvgIpc) is 2.60. The van der Waals surface area contributed by atoms with Crippen LogP contribution in [-0.2, 0) is 8.85 Å². The molecule has 0 radical (unpaired) electrons. The standard InChI is InChI=1S/C17H21BrO4Si/c1-19-23(20-15-9-8-14-18,21-16-10-4-2-5-11-16)22-17-12-6-3-7-13-17/h2-7,10-13H,8-9,14-15H2,1H3. The number of alkyl halides is 1. The molecule has 2 aromatic carbocycles. The van der Waals surface area contributed by atoms with E-state index in [9.17, 15) is 0 Å². The van der Waals surface area contributed by atoms with Crippen LogP contribution in [0.2, 0.25) is 0 Å². The largest absolute Gasteiger partial charge is 0.820 e. The van der Waals surface area contributed by atoms with Gasteiger partial charge in [-0.15, -0.1) is 0 Å². The summed E-state index contributed by atoms with van der Waals surface area (Å²) in [6, 6.07) is 18.9. The first-order valence-electron chi connectivity index (χ1n) is 7.51. The van der Waals surface area contributed by atoms with Gasteiger partial charge in [-0.2, -0.15) is 0 Å². The lowest BCUT2D eigenvalue weighted by atomic mass is 10.3. The van der Waals surface area contributed by atoms with Gasteiger partial charge in [0.1, 0.15) is 11.5 Å². The molecule has 0 aliphatic rings.